The topological polar surface area (TPSA) is 46.4 Å². The van der Waals surface area contributed by atoms with Gasteiger partial charge in [0.2, 0.25) is 5.91 Å². The molecule has 1 N–H and O–H groups in total. The Balaban J connectivity index is 2.17. The SMILES string of the molecule is CCC(CC)C(=O)Nc1c(-c2ccc(Cl)c(Cl)c2)nc2c(C)cccn12. The summed E-state index contributed by atoms with van der Waals surface area (Å²) in [5, 5.41) is 4.02. The van der Waals surface area contributed by atoms with E-state index in [0.29, 0.717) is 21.6 Å². The summed E-state index contributed by atoms with van der Waals surface area (Å²) in [7, 11) is 0. The fourth-order valence-electron chi connectivity index (χ4n) is 3.05. The molecule has 0 spiro atoms. The first-order valence-corrected chi connectivity index (χ1v) is 9.45. The number of aryl methyl sites for hydroxylation is 1. The van der Waals surface area contributed by atoms with Crippen molar-refractivity contribution >= 4 is 40.6 Å². The summed E-state index contributed by atoms with van der Waals surface area (Å²) in [5.41, 5.74) is 3.31. The maximum atomic E-state index is 12.7. The Kier molecular flexibility index (Phi) is 5.54. The Morgan fingerprint density at radius 2 is 1.92 bits per heavy atom. The van der Waals surface area contributed by atoms with Gasteiger partial charge in [0.15, 0.2) is 0 Å². The second-order valence-corrected chi connectivity index (χ2v) is 7.14. The summed E-state index contributed by atoms with van der Waals surface area (Å²) in [5.74, 6) is 0.616. The van der Waals surface area contributed by atoms with Crippen molar-refractivity contribution in [3.05, 3.63) is 52.1 Å². The molecular weight excluding hydrogens is 369 g/mol. The lowest BCUT2D eigenvalue weighted by molar-refractivity contribution is -0.120. The number of carbonyl (C=O) groups is 1. The molecule has 0 aliphatic heterocycles. The van der Waals surface area contributed by atoms with Gasteiger partial charge in [0, 0.05) is 17.7 Å². The molecule has 2 aromatic heterocycles. The maximum absolute atomic E-state index is 12.7. The molecule has 0 aliphatic carbocycles. The van der Waals surface area contributed by atoms with Gasteiger partial charge in [-0.1, -0.05) is 49.2 Å². The van der Waals surface area contributed by atoms with E-state index in [1.165, 1.54) is 0 Å². The summed E-state index contributed by atoms with van der Waals surface area (Å²) >= 11 is 12.2. The van der Waals surface area contributed by atoms with E-state index in [-0.39, 0.29) is 11.8 Å². The molecule has 3 rings (SSSR count). The third kappa shape index (κ3) is 3.44. The maximum Gasteiger partial charge on any atom is 0.228 e. The largest absolute Gasteiger partial charge is 0.310 e. The first-order chi connectivity index (χ1) is 12.5. The molecule has 0 aliphatic rings. The van der Waals surface area contributed by atoms with Crippen LogP contribution in [0.2, 0.25) is 10.0 Å². The van der Waals surface area contributed by atoms with E-state index in [1.54, 1.807) is 12.1 Å². The molecule has 2 heterocycles. The summed E-state index contributed by atoms with van der Waals surface area (Å²) in [6.45, 7) is 6.03. The van der Waals surface area contributed by atoms with Crippen LogP contribution in [0, 0.1) is 12.8 Å². The number of amides is 1. The number of carbonyl (C=O) groups excluding carboxylic acids is 1. The number of nitrogens with one attached hydrogen (secondary N) is 1. The minimum absolute atomic E-state index is 0.000355. The van der Waals surface area contributed by atoms with Crippen molar-refractivity contribution in [1.82, 2.24) is 9.38 Å². The van der Waals surface area contributed by atoms with Crippen LogP contribution < -0.4 is 5.32 Å². The lowest BCUT2D eigenvalue weighted by Crippen LogP contribution is -2.22. The van der Waals surface area contributed by atoms with Crippen molar-refractivity contribution in [2.24, 2.45) is 5.92 Å². The van der Waals surface area contributed by atoms with Crippen LogP contribution in [0.25, 0.3) is 16.9 Å². The summed E-state index contributed by atoms with van der Waals surface area (Å²) in [4.78, 5) is 17.5. The smallest absolute Gasteiger partial charge is 0.228 e. The standard InChI is InChI=1S/C20H21Cl2N3O/c1-4-13(5-2)20(26)24-19-17(14-8-9-15(21)16(22)11-14)23-18-12(3)7-6-10-25(18)19/h6-11,13H,4-5H2,1-3H3,(H,24,26). The third-order valence-electron chi connectivity index (χ3n) is 4.64. The number of halogens is 2. The first kappa shape index (κ1) is 18.7. The number of hydrogen-bond acceptors (Lipinski definition) is 2. The number of imidazole rings is 1. The first-order valence-electron chi connectivity index (χ1n) is 8.70. The number of benzene rings is 1. The van der Waals surface area contributed by atoms with Crippen LogP contribution in [0.1, 0.15) is 32.3 Å². The normalized spacial score (nSPS) is 11.3. The third-order valence-corrected chi connectivity index (χ3v) is 5.38. The number of rotatable bonds is 5. The van der Waals surface area contributed by atoms with Gasteiger partial charge < -0.3 is 5.32 Å². The molecular formula is C20H21Cl2N3O. The molecule has 0 atom stereocenters. The van der Waals surface area contributed by atoms with Crippen molar-refractivity contribution < 1.29 is 4.79 Å². The number of pyridine rings is 1. The van der Waals surface area contributed by atoms with E-state index in [1.807, 2.05) is 49.6 Å². The van der Waals surface area contributed by atoms with E-state index in [2.05, 4.69) is 5.32 Å². The average Bonchev–Trinajstić information content (AvgIpc) is 2.98. The van der Waals surface area contributed by atoms with Crippen LogP contribution in [-0.2, 0) is 4.79 Å². The van der Waals surface area contributed by atoms with E-state index in [4.69, 9.17) is 28.2 Å². The van der Waals surface area contributed by atoms with Crippen LogP contribution in [-0.4, -0.2) is 15.3 Å². The van der Waals surface area contributed by atoms with Gasteiger partial charge in [-0.3, -0.25) is 9.20 Å². The van der Waals surface area contributed by atoms with Crippen molar-refractivity contribution in [3.8, 4) is 11.3 Å². The van der Waals surface area contributed by atoms with E-state index >= 15 is 0 Å². The Labute approximate surface area is 163 Å². The van der Waals surface area contributed by atoms with Crippen LogP contribution >= 0.6 is 23.2 Å². The number of anilines is 1. The second-order valence-electron chi connectivity index (χ2n) is 6.33. The molecule has 1 amide bonds. The molecule has 0 unspecified atom stereocenters. The van der Waals surface area contributed by atoms with Gasteiger partial charge in [-0.25, -0.2) is 4.98 Å². The molecule has 0 bridgehead atoms. The summed E-state index contributed by atoms with van der Waals surface area (Å²) < 4.78 is 1.91. The van der Waals surface area contributed by atoms with Crippen molar-refractivity contribution in [3.63, 3.8) is 0 Å². The van der Waals surface area contributed by atoms with E-state index in [9.17, 15) is 4.79 Å². The van der Waals surface area contributed by atoms with E-state index < -0.39 is 0 Å². The monoisotopic (exact) mass is 389 g/mol. The van der Waals surface area contributed by atoms with Gasteiger partial charge >= 0.3 is 0 Å². The molecule has 1 aromatic carbocycles. The molecule has 0 saturated heterocycles. The highest BCUT2D eigenvalue weighted by molar-refractivity contribution is 6.42. The highest BCUT2D eigenvalue weighted by Crippen LogP contribution is 2.34. The molecule has 26 heavy (non-hydrogen) atoms. The number of hydrogen-bond donors (Lipinski definition) is 1. The number of fused-ring (bicyclic) bond motifs is 1. The second kappa shape index (κ2) is 7.68. The van der Waals surface area contributed by atoms with E-state index in [0.717, 1.165) is 29.6 Å². The number of aromatic nitrogens is 2. The van der Waals surface area contributed by atoms with Crippen LogP contribution in [0.5, 0.6) is 0 Å². The molecule has 6 heteroatoms. The Hall–Kier alpha value is -2.04. The number of nitrogens with zero attached hydrogens (tertiary/aromatic N) is 2. The van der Waals surface area contributed by atoms with Crippen molar-refractivity contribution in [2.45, 2.75) is 33.6 Å². The van der Waals surface area contributed by atoms with Gasteiger partial charge in [-0.15, -0.1) is 0 Å². The van der Waals surface area contributed by atoms with Gasteiger partial charge in [0.25, 0.3) is 0 Å². The Morgan fingerprint density at radius 3 is 2.58 bits per heavy atom. The fourth-order valence-corrected chi connectivity index (χ4v) is 3.34. The van der Waals surface area contributed by atoms with Crippen molar-refractivity contribution in [2.75, 3.05) is 5.32 Å². The molecule has 0 fully saturated rings. The van der Waals surface area contributed by atoms with Gasteiger partial charge in [-0.2, -0.15) is 0 Å². The van der Waals surface area contributed by atoms with Gasteiger partial charge in [0.1, 0.15) is 17.2 Å². The van der Waals surface area contributed by atoms with Gasteiger partial charge in [-0.05, 0) is 43.5 Å². The zero-order valence-electron chi connectivity index (χ0n) is 15.0. The minimum atomic E-state index is -0.0352. The van der Waals surface area contributed by atoms with Crippen LogP contribution in [0.15, 0.2) is 36.5 Å². The molecule has 4 nitrogen and oxygen atoms in total. The fraction of sp³-hybridized carbons (Fsp3) is 0.300. The lowest BCUT2D eigenvalue weighted by Gasteiger charge is -2.14. The minimum Gasteiger partial charge on any atom is -0.310 e. The molecule has 136 valence electrons. The predicted octanol–water partition coefficient (Wildman–Crippen LogP) is 5.99. The summed E-state index contributed by atoms with van der Waals surface area (Å²) in [6.07, 6.45) is 3.49. The zero-order valence-corrected chi connectivity index (χ0v) is 16.5. The van der Waals surface area contributed by atoms with Crippen LogP contribution in [0.3, 0.4) is 0 Å². The average molecular weight is 390 g/mol. The molecule has 0 saturated carbocycles. The highest BCUT2D eigenvalue weighted by Gasteiger charge is 2.21. The van der Waals surface area contributed by atoms with Gasteiger partial charge in [0.05, 0.1) is 10.0 Å². The van der Waals surface area contributed by atoms with Crippen LogP contribution in [0.4, 0.5) is 5.82 Å². The zero-order chi connectivity index (χ0) is 18.8. The molecule has 3 aromatic rings. The summed E-state index contributed by atoms with van der Waals surface area (Å²) in [6, 6.07) is 9.30. The highest BCUT2D eigenvalue weighted by atomic mass is 35.5. The van der Waals surface area contributed by atoms with Crippen molar-refractivity contribution in [1.29, 1.82) is 0 Å². The molecule has 0 radical (unpaired) electrons. The lowest BCUT2D eigenvalue weighted by atomic mass is 10.0. The quantitative estimate of drug-likeness (QED) is 0.582. The Morgan fingerprint density at radius 1 is 1.19 bits per heavy atom. The Bertz CT molecular complexity index is 961. The predicted molar refractivity (Wildman–Crippen MR) is 108 cm³/mol.